The van der Waals surface area contributed by atoms with Crippen LogP contribution in [0.3, 0.4) is 0 Å². The number of guanidine groups is 1. The number of nitrogens with one attached hydrogen (secondary N) is 2. The van der Waals surface area contributed by atoms with E-state index in [-0.39, 0.29) is 53.2 Å². The van der Waals surface area contributed by atoms with Gasteiger partial charge in [0.05, 0.1) is 21.9 Å². The monoisotopic (exact) mass is 728 g/mol. The van der Waals surface area contributed by atoms with Crippen LogP contribution in [0.2, 0.25) is 0 Å². The number of ketones is 1. The van der Waals surface area contributed by atoms with Gasteiger partial charge in [0.1, 0.15) is 5.75 Å². The van der Waals surface area contributed by atoms with Gasteiger partial charge in [-0.2, -0.15) is 0 Å². The third kappa shape index (κ3) is 6.17. The molecule has 2 aromatic heterocycles. The normalized spacial score (nSPS) is 26.7. The van der Waals surface area contributed by atoms with Crippen molar-refractivity contribution in [2.45, 2.75) is 63.6 Å². The van der Waals surface area contributed by atoms with Crippen LogP contribution in [-0.4, -0.2) is 47.2 Å². The standard InChI is InChI=1S/C43H44N4O3S2/c1-4-7-26-10-17-37(51-26)38-18-19-39(52-38)42(50)30-13-14-32-40-29(27-9-6-5-8-24(27)20-33(30)40)12-11-28(41(32)47-43(44)45-3)25-21-35-31(36(49)22-25)15-16-34(46-35)23(2)48/h5-6,8-10,15-23,28,30,32-34,40-41,46,48-49H,11-14H2,1-3H3,(H3,44,45,47)/t23-,28+,30-,32+,33+,34-,40-,41-/m0/s1. The van der Waals surface area contributed by atoms with Gasteiger partial charge in [-0.25, -0.2) is 0 Å². The fraction of sp³-hybridized carbons (Fsp3) is 0.349. The van der Waals surface area contributed by atoms with E-state index < -0.39 is 6.10 Å². The van der Waals surface area contributed by atoms with Crippen molar-refractivity contribution in [3.05, 3.63) is 98.1 Å². The number of Topliss-reactive ketones (excluding diaryl/α,β-unsaturated/α-hetero) is 1. The van der Waals surface area contributed by atoms with E-state index in [2.05, 4.69) is 82.1 Å². The Balaban J connectivity index is 1.19. The molecule has 4 aliphatic rings. The average Bonchev–Trinajstić information content (AvgIpc) is 3.80. The minimum absolute atomic E-state index is 0.00492. The van der Waals surface area contributed by atoms with Crippen LogP contribution in [-0.2, 0) is 0 Å². The highest BCUT2D eigenvalue weighted by atomic mass is 32.1. The lowest BCUT2D eigenvalue weighted by Crippen LogP contribution is -2.53. The van der Waals surface area contributed by atoms with E-state index in [1.807, 2.05) is 31.2 Å². The molecule has 2 aromatic carbocycles. The van der Waals surface area contributed by atoms with Crippen LogP contribution >= 0.6 is 22.7 Å². The highest BCUT2D eigenvalue weighted by molar-refractivity contribution is 7.23. The Morgan fingerprint density at radius 1 is 1.08 bits per heavy atom. The van der Waals surface area contributed by atoms with E-state index >= 15 is 0 Å². The highest BCUT2D eigenvalue weighted by Gasteiger charge is 2.50. The molecule has 8 rings (SSSR count). The van der Waals surface area contributed by atoms with Gasteiger partial charge in [-0.3, -0.25) is 9.79 Å². The number of nitrogens with two attached hydrogens (primary N) is 1. The molecular weight excluding hydrogens is 685 g/mol. The zero-order chi connectivity index (χ0) is 36.1. The number of aliphatic hydroxyl groups is 1. The summed E-state index contributed by atoms with van der Waals surface area (Å²) < 4.78 is 0. The molecule has 2 saturated carbocycles. The van der Waals surface area contributed by atoms with Crippen molar-refractivity contribution in [2.24, 2.45) is 34.4 Å². The second-order valence-electron chi connectivity index (χ2n) is 14.5. The average molecular weight is 729 g/mol. The molecule has 52 heavy (non-hydrogen) atoms. The minimum atomic E-state index is -0.585. The Hall–Kier alpha value is -4.62. The molecule has 0 unspecified atom stereocenters. The van der Waals surface area contributed by atoms with Crippen molar-refractivity contribution in [1.29, 1.82) is 0 Å². The number of phenolic OH excluding ortho intramolecular Hbond substituents is 1. The predicted molar refractivity (Wildman–Crippen MR) is 214 cm³/mol. The summed E-state index contributed by atoms with van der Waals surface area (Å²) in [6.45, 7) is 3.61. The molecule has 9 heteroatoms. The summed E-state index contributed by atoms with van der Waals surface area (Å²) in [7, 11) is 1.70. The Labute approximate surface area is 312 Å². The van der Waals surface area contributed by atoms with Crippen LogP contribution in [0.1, 0.15) is 71.1 Å². The number of thiophene rings is 2. The van der Waals surface area contributed by atoms with Crippen LogP contribution in [0.15, 0.2) is 71.7 Å². The lowest BCUT2D eigenvalue weighted by molar-refractivity contribution is 0.0757. The molecule has 0 amide bonds. The van der Waals surface area contributed by atoms with E-state index in [1.54, 1.807) is 36.6 Å². The molecule has 0 bridgehead atoms. The molecule has 1 aliphatic heterocycles. The first kappa shape index (κ1) is 34.5. The number of aliphatic imine (C=N–C) groups is 1. The summed E-state index contributed by atoms with van der Waals surface area (Å²) in [6.07, 6.45) is 8.91. The quantitative estimate of drug-likeness (QED) is 0.0688. The van der Waals surface area contributed by atoms with Gasteiger partial charge >= 0.3 is 0 Å². The predicted octanol–water partition coefficient (Wildman–Crippen LogP) is 6.31. The molecule has 0 radical (unpaired) electrons. The number of anilines is 1. The molecule has 4 aromatic rings. The first-order chi connectivity index (χ1) is 25.2. The second kappa shape index (κ2) is 14.1. The van der Waals surface area contributed by atoms with Gasteiger partial charge in [0.25, 0.3) is 0 Å². The molecular formula is C43H44N4O3S2. The van der Waals surface area contributed by atoms with E-state index in [4.69, 9.17) is 5.73 Å². The van der Waals surface area contributed by atoms with Crippen LogP contribution in [0, 0.1) is 35.5 Å². The summed E-state index contributed by atoms with van der Waals surface area (Å²) in [5, 5.41) is 31.3. The molecule has 0 spiro atoms. The lowest BCUT2D eigenvalue weighted by Gasteiger charge is -2.47. The number of carbonyl (C=O) groups excluding carboxylic acids is 1. The molecule has 3 heterocycles. The van der Waals surface area contributed by atoms with Gasteiger partial charge in [-0.1, -0.05) is 54.0 Å². The number of rotatable bonds is 6. The number of carbonyl (C=O) groups is 1. The van der Waals surface area contributed by atoms with Crippen molar-refractivity contribution in [2.75, 3.05) is 12.4 Å². The van der Waals surface area contributed by atoms with Crippen molar-refractivity contribution in [3.8, 4) is 27.3 Å². The number of aromatic hydroxyl groups is 1. The molecule has 7 nitrogen and oxygen atoms in total. The molecule has 0 saturated heterocycles. The highest BCUT2D eigenvalue weighted by Crippen LogP contribution is 2.54. The van der Waals surface area contributed by atoms with Gasteiger partial charge in [-0.05, 0) is 110 Å². The number of benzene rings is 2. The summed E-state index contributed by atoms with van der Waals surface area (Å²) in [4.78, 5) is 23.0. The Morgan fingerprint density at radius 3 is 2.69 bits per heavy atom. The number of phenols is 1. The molecule has 8 atom stereocenters. The van der Waals surface area contributed by atoms with E-state index in [1.165, 1.54) is 16.0 Å². The molecule has 6 N–H and O–H groups in total. The van der Waals surface area contributed by atoms with E-state index in [0.29, 0.717) is 5.96 Å². The topological polar surface area (TPSA) is 120 Å². The van der Waals surface area contributed by atoms with E-state index in [0.717, 1.165) is 62.0 Å². The van der Waals surface area contributed by atoms with Gasteiger partial charge in [0.2, 0.25) is 0 Å². The summed E-state index contributed by atoms with van der Waals surface area (Å²) in [6, 6.07) is 20.6. The number of nitrogens with zero attached hydrogens (tertiary/aromatic N) is 1. The maximum absolute atomic E-state index is 14.6. The second-order valence-corrected chi connectivity index (χ2v) is 16.7. The van der Waals surface area contributed by atoms with Gasteiger partial charge in [0, 0.05) is 45.9 Å². The van der Waals surface area contributed by atoms with Crippen LogP contribution in [0.5, 0.6) is 5.75 Å². The van der Waals surface area contributed by atoms with Crippen molar-refractivity contribution < 1.29 is 15.0 Å². The van der Waals surface area contributed by atoms with Crippen molar-refractivity contribution in [3.63, 3.8) is 0 Å². The lowest BCUT2D eigenvalue weighted by atomic mass is 9.59. The number of fused-ring (bicyclic) bond motifs is 2. The number of hydrogen-bond donors (Lipinski definition) is 5. The first-order valence-corrected chi connectivity index (χ1v) is 19.8. The zero-order valence-electron chi connectivity index (χ0n) is 29.6. The maximum atomic E-state index is 14.6. The van der Waals surface area contributed by atoms with Gasteiger partial charge in [-0.15, -0.1) is 28.6 Å². The molecule has 266 valence electrons. The minimum Gasteiger partial charge on any atom is -0.507 e. The van der Waals surface area contributed by atoms with Crippen LogP contribution in [0.4, 0.5) is 5.69 Å². The fourth-order valence-electron chi connectivity index (χ4n) is 9.25. The largest absolute Gasteiger partial charge is 0.507 e. The van der Waals surface area contributed by atoms with Crippen LogP contribution in [0.25, 0.3) is 27.5 Å². The first-order valence-electron chi connectivity index (χ1n) is 18.2. The van der Waals surface area contributed by atoms with E-state index in [9.17, 15) is 15.0 Å². The van der Waals surface area contributed by atoms with Crippen molar-refractivity contribution >= 4 is 57.8 Å². The smallest absolute Gasteiger partial charge is 0.188 e. The van der Waals surface area contributed by atoms with Gasteiger partial charge < -0.3 is 26.6 Å². The number of hydrogen-bond acceptors (Lipinski definition) is 7. The number of aliphatic hydroxyl groups excluding tert-OH is 1. The summed E-state index contributed by atoms with van der Waals surface area (Å²) in [5.41, 5.74) is 10.5. The fourth-order valence-corrected chi connectivity index (χ4v) is 11.3. The SMILES string of the molecule is CC#Cc1ccc(-c2ccc(C(=O)[C@H]3CC[C@H]4[C@@H](NC(N)=NC)[C@@H](c5cc(O)c6c(c5)N[C@H]([C@H](C)O)C=C6)CCC5=c6ccccc6=C[C@H]3[C@@H]54)s2)s1. The molecule has 2 fully saturated rings. The maximum Gasteiger partial charge on any atom is 0.188 e. The third-order valence-electron chi connectivity index (χ3n) is 11.6. The van der Waals surface area contributed by atoms with Crippen LogP contribution < -0.4 is 26.8 Å². The Kier molecular flexibility index (Phi) is 9.33. The Bertz CT molecular complexity index is 2290. The van der Waals surface area contributed by atoms with Crippen molar-refractivity contribution in [1.82, 2.24) is 5.32 Å². The van der Waals surface area contributed by atoms with Gasteiger partial charge in [0.15, 0.2) is 11.7 Å². The Morgan fingerprint density at radius 2 is 1.88 bits per heavy atom. The summed E-state index contributed by atoms with van der Waals surface area (Å²) >= 11 is 3.26. The zero-order valence-corrected chi connectivity index (χ0v) is 31.2. The third-order valence-corrected chi connectivity index (χ3v) is 13.9. The summed E-state index contributed by atoms with van der Waals surface area (Å²) in [5.74, 6) is 7.16. The molecule has 3 aliphatic carbocycles.